The van der Waals surface area contributed by atoms with Crippen molar-refractivity contribution in [3.05, 3.63) is 39.7 Å². The predicted octanol–water partition coefficient (Wildman–Crippen LogP) is 2.63. The van der Waals surface area contributed by atoms with Crippen molar-refractivity contribution < 1.29 is 18.4 Å². The molecule has 0 N–H and O–H groups in total. The molecule has 0 saturated carbocycles. The van der Waals surface area contributed by atoms with Crippen molar-refractivity contribution in [1.82, 2.24) is 19.4 Å². The third-order valence-corrected chi connectivity index (χ3v) is 6.25. The van der Waals surface area contributed by atoms with Gasteiger partial charge in [0.25, 0.3) is 5.92 Å². The van der Waals surface area contributed by atoms with E-state index in [0.717, 1.165) is 36.6 Å². The van der Waals surface area contributed by atoms with Crippen LogP contribution in [0.5, 0.6) is 6.01 Å². The third kappa shape index (κ3) is 3.93. The summed E-state index contributed by atoms with van der Waals surface area (Å²) in [6, 6.07) is 4.25. The number of anilines is 1. The number of fused-ring (bicyclic) bond motifs is 2. The molecule has 2 aromatic rings. The van der Waals surface area contributed by atoms with Gasteiger partial charge >= 0.3 is 11.8 Å². The normalized spacial score (nSPS) is 25.1. The first-order valence-electron chi connectivity index (χ1n) is 10.4. The molecule has 0 spiro atoms. The summed E-state index contributed by atoms with van der Waals surface area (Å²) in [6.45, 7) is 5.33. The second kappa shape index (κ2) is 7.11. The van der Waals surface area contributed by atoms with E-state index in [2.05, 4.69) is 9.88 Å². The minimum Gasteiger partial charge on any atom is -0.436 e. The Morgan fingerprint density at radius 1 is 1.23 bits per heavy atom. The number of rotatable bonds is 4. The van der Waals surface area contributed by atoms with Crippen LogP contribution >= 0.6 is 0 Å². The van der Waals surface area contributed by atoms with Crippen LogP contribution in [0.2, 0.25) is 0 Å². The van der Waals surface area contributed by atoms with Gasteiger partial charge in [-0.1, -0.05) is 6.07 Å². The fourth-order valence-electron chi connectivity index (χ4n) is 4.67. The van der Waals surface area contributed by atoms with E-state index >= 15 is 0 Å². The molecule has 0 bridgehead atoms. The van der Waals surface area contributed by atoms with Gasteiger partial charge in [-0.05, 0) is 23.5 Å². The smallest absolute Gasteiger partial charge is 0.415 e. The molecule has 1 atom stereocenters. The molecule has 11 heteroatoms. The summed E-state index contributed by atoms with van der Waals surface area (Å²) >= 11 is 0. The molecule has 5 heterocycles. The Balaban J connectivity index is 1.22. The Morgan fingerprint density at radius 2 is 2.00 bits per heavy atom. The van der Waals surface area contributed by atoms with Crippen LogP contribution in [0.15, 0.2) is 18.3 Å². The van der Waals surface area contributed by atoms with Crippen LogP contribution in [0, 0.1) is 10.1 Å². The quantitative estimate of drug-likeness (QED) is 0.540. The van der Waals surface area contributed by atoms with Crippen molar-refractivity contribution in [3.63, 3.8) is 0 Å². The predicted molar refractivity (Wildman–Crippen MR) is 108 cm³/mol. The number of piperidine rings is 1. The average molecular weight is 434 g/mol. The summed E-state index contributed by atoms with van der Waals surface area (Å²) in [5, 5.41) is 10.9. The van der Waals surface area contributed by atoms with E-state index in [0.29, 0.717) is 26.2 Å². The molecule has 2 aromatic heterocycles. The van der Waals surface area contributed by atoms with Crippen LogP contribution < -0.4 is 9.64 Å². The van der Waals surface area contributed by atoms with E-state index in [4.69, 9.17) is 9.72 Å². The van der Waals surface area contributed by atoms with Crippen LogP contribution in [-0.2, 0) is 19.5 Å². The first kappa shape index (κ1) is 20.1. The van der Waals surface area contributed by atoms with Crippen molar-refractivity contribution in [2.75, 3.05) is 31.1 Å². The molecular weight excluding hydrogens is 410 g/mol. The molecule has 31 heavy (non-hydrogen) atoms. The number of hydrogen-bond donors (Lipinski definition) is 0. The Hall–Kier alpha value is -2.82. The van der Waals surface area contributed by atoms with E-state index in [9.17, 15) is 18.9 Å². The number of nitro groups is 1. The van der Waals surface area contributed by atoms with Gasteiger partial charge in [0.15, 0.2) is 0 Å². The van der Waals surface area contributed by atoms with Crippen LogP contribution in [0.3, 0.4) is 0 Å². The minimum absolute atomic E-state index is 0.126. The van der Waals surface area contributed by atoms with E-state index < -0.39 is 16.4 Å². The standard InChI is InChI=1S/C20H24F2N6O3/c1-19(13-27-11-17(28(29)30)24-18(27)31-19)12-25-7-4-15-14(10-25)2-3-16(23-15)26-8-5-20(21,22)6-9-26/h2-3,11H,4-10,12-13H2,1H3/t19-/m1/s1. The highest BCUT2D eigenvalue weighted by Gasteiger charge is 2.42. The highest BCUT2D eigenvalue weighted by Crippen LogP contribution is 2.33. The van der Waals surface area contributed by atoms with Gasteiger partial charge < -0.3 is 19.8 Å². The van der Waals surface area contributed by atoms with Crippen molar-refractivity contribution in [2.45, 2.75) is 50.8 Å². The second-order valence-electron chi connectivity index (χ2n) is 8.90. The van der Waals surface area contributed by atoms with Gasteiger partial charge in [-0.25, -0.2) is 13.8 Å². The Morgan fingerprint density at radius 3 is 2.71 bits per heavy atom. The molecule has 3 aliphatic rings. The highest BCUT2D eigenvalue weighted by atomic mass is 19.3. The molecule has 9 nitrogen and oxygen atoms in total. The van der Waals surface area contributed by atoms with Gasteiger partial charge in [-0.3, -0.25) is 9.47 Å². The Labute approximate surface area is 177 Å². The number of alkyl halides is 2. The van der Waals surface area contributed by atoms with Gasteiger partial charge in [0.05, 0.1) is 6.54 Å². The molecule has 1 fully saturated rings. The molecule has 0 aromatic carbocycles. The maximum atomic E-state index is 13.4. The van der Waals surface area contributed by atoms with Crippen molar-refractivity contribution in [3.8, 4) is 6.01 Å². The number of halogens is 2. The van der Waals surface area contributed by atoms with E-state index in [-0.39, 0.29) is 24.7 Å². The molecule has 166 valence electrons. The van der Waals surface area contributed by atoms with Crippen molar-refractivity contribution in [2.24, 2.45) is 0 Å². The number of hydrogen-bond acceptors (Lipinski definition) is 7. The minimum atomic E-state index is -2.56. The highest BCUT2D eigenvalue weighted by molar-refractivity contribution is 5.43. The summed E-state index contributed by atoms with van der Waals surface area (Å²) in [7, 11) is 0. The third-order valence-electron chi connectivity index (χ3n) is 6.25. The lowest BCUT2D eigenvalue weighted by Crippen LogP contribution is -2.46. The monoisotopic (exact) mass is 434 g/mol. The van der Waals surface area contributed by atoms with Crippen LogP contribution in [0.1, 0.15) is 31.0 Å². The fraction of sp³-hybridized carbons (Fsp3) is 0.600. The zero-order valence-corrected chi connectivity index (χ0v) is 17.3. The summed E-state index contributed by atoms with van der Waals surface area (Å²) in [6.07, 6.45) is 1.94. The fourth-order valence-corrected chi connectivity index (χ4v) is 4.67. The van der Waals surface area contributed by atoms with E-state index in [1.165, 1.54) is 6.20 Å². The molecule has 0 unspecified atom stereocenters. The van der Waals surface area contributed by atoms with Gasteiger partial charge in [-0.2, -0.15) is 0 Å². The molecule has 3 aliphatic heterocycles. The lowest BCUT2D eigenvalue weighted by atomic mass is 10.0. The maximum Gasteiger partial charge on any atom is 0.415 e. The molecule has 5 rings (SSSR count). The van der Waals surface area contributed by atoms with Crippen molar-refractivity contribution >= 4 is 11.6 Å². The Kier molecular flexibility index (Phi) is 4.61. The van der Waals surface area contributed by atoms with Crippen LogP contribution in [0.4, 0.5) is 20.4 Å². The topological polar surface area (TPSA) is 89.6 Å². The molecular formula is C20H24F2N6O3. The number of pyridine rings is 1. The summed E-state index contributed by atoms with van der Waals surface area (Å²) in [4.78, 5) is 23.3. The number of ether oxygens (including phenoxy) is 1. The zero-order valence-electron chi connectivity index (χ0n) is 17.3. The first-order chi connectivity index (χ1) is 14.7. The lowest BCUT2D eigenvalue weighted by molar-refractivity contribution is -0.389. The zero-order chi connectivity index (χ0) is 21.8. The molecule has 1 saturated heterocycles. The molecule has 0 radical (unpaired) electrons. The number of nitrogens with zero attached hydrogens (tertiary/aromatic N) is 6. The Bertz CT molecular complexity index is 993. The summed E-state index contributed by atoms with van der Waals surface area (Å²) < 4.78 is 34.5. The van der Waals surface area contributed by atoms with Crippen LogP contribution in [0.25, 0.3) is 0 Å². The van der Waals surface area contributed by atoms with Crippen molar-refractivity contribution in [1.29, 1.82) is 0 Å². The summed E-state index contributed by atoms with van der Waals surface area (Å²) in [5.74, 6) is -1.99. The summed E-state index contributed by atoms with van der Waals surface area (Å²) in [5.41, 5.74) is 1.64. The SMILES string of the molecule is C[C@@]1(CN2CCc3nc(N4CCC(F)(F)CC4)ccc3C2)Cn2cc([N+](=O)[O-])nc2O1. The van der Waals surface area contributed by atoms with E-state index in [1.54, 1.807) is 4.57 Å². The molecule has 0 aliphatic carbocycles. The van der Waals surface area contributed by atoms with Gasteiger partial charge in [0, 0.05) is 62.7 Å². The molecule has 0 amide bonds. The van der Waals surface area contributed by atoms with E-state index in [1.807, 2.05) is 24.0 Å². The van der Waals surface area contributed by atoms with Gasteiger partial charge in [0.1, 0.15) is 17.6 Å². The number of imidazole rings is 1. The average Bonchev–Trinajstić information content (AvgIpc) is 3.22. The largest absolute Gasteiger partial charge is 0.436 e. The van der Waals surface area contributed by atoms with Gasteiger partial charge in [0.2, 0.25) is 0 Å². The number of aromatic nitrogens is 3. The maximum absolute atomic E-state index is 13.4. The van der Waals surface area contributed by atoms with Gasteiger partial charge in [-0.15, -0.1) is 0 Å². The van der Waals surface area contributed by atoms with Crippen LogP contribution in [-0.4, -0.2) is 62.1 Å². The first-order valence-corrected chi connectivity index (χ1v) is 10.4. The second-order valence-corrected chi connectivity index (χ2v) is 8.90. The lowest BCUT2D eigenvalue weighted by Gasteiger charge is -2.35.